The van der Waals surface area contributed by atoms with Crippen LogP contribution in [-0.2, 0) is 4.79 Å². The van der Waals surface area contributed by atoms with Gasteiger partial charge in [0.05, 0.1) is 10.4 Å². The fourth-order valence-corrected chi connectivity index (χ4v) is 1.94. The molecule has 2 N–H and O–H groups in total. The van der Waals surface area contributed by atoms with Gasteiger partial charge in [-0.05, 0) is 22.9 Å². The summed E-state index contributed by atoms with van der Waals surface area (Å²) in [5, 5.41) is 0. The lowest BCUT2D eigenvalue weighted by Gasteiger charge is -2.38. The van der Waals surface area contributed by atoms with Crippen LogP contribution in [0.5, 0.6) is 0 Å². The number of hydrogen-bond acceptors (Lipinski definition) is 4. The number of aromatic nitrogens is 2. The summed E-state index contributed by atoms with van der Waals surface area (Å²) in [5.41, 5.74) is 5.20. The highest BCUT2D eigenvalue weighted by atomic mass is 79.9. The molecule has 1 aromatic rings. The molecule has 0 aromatic carbocycles. The molecule has 80 valence electrons. The van der Waals surface area contributed by atoms with Gasteiger partial charge < -0.3 is 10.6 Å². The molecule has 0 aliphatic carbocycles. The SMILES string of the molecule is Cc1ncc(Br)c(N2CC(C(N)=O)C2)n1. The summed E-state index contributed by atoms with van der Waals surface area (Å²) in [4.78, 5) is 21.2. The second-order valence-electron chi connectivity index (χ2n) is 3.59. The van der Waals surface area contributed by atoms with Gasteiger partial charge in [0.15, 0.2) is 0 Å². The number of anilines is 1. The highest BCUT2D eigenvalue weighted by molar-refractivity contribution is 9.10. The predicted octanol–water partition coefficient (Wildman–Crippen LogP) is 0.469. The summed E-state index contributed by atoms with van der Waals surface area (Å²) >= 11 is 3.38. The quantitative estimate of drug-likeness (QED) is 0.848. The van der Waals surface area contributed by atoms with Crippen molar-refractivity contribution in [1.82, 2.24) is 9.97 Å². The molecule has 2 rings (SSSR count). The molecule has 1 aliphatic heterocycles. The van der Waals surface area contributed by atoms with Crippen LogP contribution in [0.4, 0.5) is 5.82 Å². The lowest BCUT2D eigenvalue weighted by molar-refractivity contribution is -0.122. The summed E-state index contributed by atoms with van der Waals surface area (Å²) in [5.74, 6) is 1.26. The normalized spacial score (nSPS) is 16.3. The lowest BCUT2D eigenvalue weighted by Crippen LogP contribution is -2.53. The summed E-state index contributed by atoms with van der Waals surface area (Å²) in [7, 11) is 0. The van der Waals surface area contributed by atoms with E-state index in [1.165, 1.54) is 0 Å². The molecule has 2 heterocycles. The molecular weight excluding hydrogens is 260 g/mol. The smallest absolute Gasteiger partial charge is 0.224 e. The van der Waals surface area contributed by atoms with Crippen molar-refractivity contribution < 1.29 is 4.79 Å². The Kier molecular flexibility index (Phi) is 2.60. The number of carbonyl (C=O) groups excluding carboxylic acids is 1. The van der Waals surface area contributed by atoms with Crippen LogP contribution in [0.3, 0.4) is 0 Å². The zero-order valence-electron chi connectivity index (χ0n) is 8.27. The molecule has 1 aromatic heterocycles. The maximum Gasteiger partial charge on any atom is 0.224 e. The highest BCUT2D eigenvalue weighted by Crippen LogP contribution is 2.28. The largest absolute Gasteiger partial charge is 0.369 e. The third-order valence-electron chi connectivity index (χ3n) is 2.43. The van der Waals surface area contributed by atoms with Crippen LogP contribution in [0.25, 0.3) is 0 Å². The number of amides is 1. The Morgan fingerprint density at radius 2 is 2.33 bits per heavy atom. The maximum absolute atomic E-state index is 10.9. The van der Waals surface area contributed by atoms with Gasteiger partial charge >= 0.3 is 0 Å². The molecule has 1 aliphatic rings. The number of halogens is 1. The summed E-state index contributed by atoms with van der Waals surface area (Å²) in [6.45, 7) is 3.12. The van der Waals surface area contributed by atoms with Crippen LogP contribution in [0.1, 0.15) is 5.82 Å². The first-order chi connectivity index (χ1) is 7.08. The number of aryl methyl sites for hydroxylation is 1. The van der Waals surface area contributed by atoms with E-state index in [0.717, 1.165) is 16.1 Å². The van der Waals surface area contributed by atoms with Gasteiger partial charge in [-0.15, -0.1) is 0 Å². The van der Waals surface area contributed by atoms with Crippen molar-refractivity contribution in [3.63, 3.8) is 0 Å². The molecule has 6 heteroatoms. The Bertz CT molecular complexity index is 403. The van der Waals surface area contributed by atoms with Crippen molar-refractivity contribution in [1.29, 1.82) is 0 Å². The molecule has 1 fully saturated rings. The number of nitrogens with two attached hydrogens (primary N) is 1. The molecule has 0 saturated carbocycles. The van der Waals surface area contributed by atoms with E-state index in [9.17, 15) is 4.79 Å². The van der Waals surface area contributed by atoms with E-state index in [1.807, 2.05) is 11.8 Å². The second-order valence-corrected chi connectivity index (χ2v) is 4.45. The monoisotopic (exact) mass is 270 g/mol. The number of nitrogens with zero attached hydrogens (tertiary/aromatic N) is 3. The van der Waals surface area contributed by atoms with Gasteiger partial charge in [-0.25, -0.2) is 9.97 Å². The molecule has 1 amide bonds. The first-order valence-electron chi connectivity index (χ1n) is 4.61. The van der Waals surface area contributed by atoms with Gasteiger partial charge in [0, 0.05) is 19.3 Å². The average Bonchev–Trinajstić information content (AvgIpc) is 2.08. The minimum Gasteiger partial charge on any atom is -0.369 e. The second kappa shape index (κ2) is 3.77. The van der Waals surface area contributed by atoms with Crippen molar-refractivity contribution in [2.75, 3.05) is 18.0 Å². The maximum atomic E-state index is 10.9. The minimum atomic E-state index is -0.242. The average molecular weight is 271 g/mol. The fourth-order valence-electron chi connectivity index (χ4n) is 1.50. The van der Waals surface area contributed by atoms with Crippen LogP contribution in [0, 0.1) is 12.8 Å². The molecule has 15 heavy (non-hydrogen) atoms. The van der Waals surface area contributed by atoms with Crippen molar-refractivity contribution in [3.05, 3.63) is 16.5 Å². The van der Waals surface area contributed by atoms with Crippen molar-refractivity contribution in [2.45, 2.75) is 6.92 Å². The Labute approximate surface area is 95.8 Å². The van der Waals surface area contributed by atoms with Gasteiger partial charge in [0.2, 0.25) is 5.91 Å². The van der Waals surface area contributed by atoms with Crippen molar-refractivity contribution in [3.8, 4) is 0 Å². The zero-order valence-corrected chi connectivity index (χ0v) is 9.86. The van der Waals surface area contributed by atoms with E-state index in [2.05, 4.69) is 25.9 Å². The van der Waals surface area contributed by atoms with Crippen LogP contribution < -0.4 is 10.6 Å². The first kappa shape index (κ1) is 10.4. The molecule has 0 bridgehead atoms. The topological polar surface area (TPSA) is 72.1 Å². The van der Waals surface area contributed by atoms with Gasteiger partial charge in [0.25, 0.3) is 0 Å². The third kappa shape index (κ3) is 1.94. The van der Waals surface area contributed by atoms with Crippen LogP contribution >= 0.6 is 15.9 Å². The molecule has 0 spiro atoms. The van der Waals surface area contributed by atoms with E-state index >= 15 is 0 Å². The zero-order chi connectivity index (χ0) is 11.0. The number of hydrogen-bond donors (Lipinski definition) is 1. The number of rotatable bonds is 2. The predicted molar refractivity (Wildman–Crippen MR) is 59.4 cm³/mol. The van der Waals surface area contributed by atoms with Gasteiger partial charge in [-0.1, -0.05) is 0 Å². The van der Waals surface area contributed by atoms with Crippen LogP contribution in [-0.4, -0.2) is 29.0 Å². The fraction of sp³-hybridized carbons (Fsp3) is 0.444. The van der Waals surface area contributed by atoms with Crippen LogP contribution in [0.2, 0.25) is 0 Å². The summed E-state index contributed by atoms with van der Waals surface area (Å²) in [6, 6.07) is 0. The Morgan fingerprint density at radius 1 is 1.67 bits per heavy atom. The minimum absolute atomic E-state index is 0.0489. The number of primary amides is 1. The molecule has 5 nitrogen and oxygen atoms in total. The van der Waals surface area contributed by atoms with Crippen molar-refractivity contribution >= 4 is 27.7 Å². The third-order valence-corrected chi connectivity index (χ3v) is 2.99. The van der Waals surface area contributed by atoms with E-state index in [-0.39, 0.29) is 11.8 Å². The van der Waals surface area contributed by atoms with E-state index in [0.29, 0.717) is 13.1 Å². The first-order valence-corrected chi connectivity index (χ1v) is 5.40. The molecule has 0 radical (unpaired) electrons. The van der Waals surface area contributed by atoms with Crippen molar-refractivity contribution in [2.24, 2.45) is 11.7 Å². The van der Waals surface area contributed by atoms with Crippen LogP contribution in [0.15, 0.2) is 10.7 Å². The Morgan fingerprint density at radius 3 is 2.93 bits per heavy atom. The van der Waals surface area contributed by atoms with E-state index < -0.39 is 0 Å². The Balaban J connectivity index is 2.12. The summed E-state index contributed by atoms with van der Waals surface area (Å²) < 4.78 is 0.844. The molecule has 1 saturated heterocycles. The molecule has 0 unspecified atom stereocenters. The lowest BCUT2D eigenvalue weighted by atomic mass is 10.00. The summed E-state index contributed by atoms with van der Waals surface area (Å²) in [6.07, 6.45) is 1.72. The van der Waals surface area contributed by atoms with Gasteiger partial charge in [-0.2, -0.15) is 0 Å². The molecular formula is C9H11BrN4O. The van der Waals surface area contributed by atoms with Gasteiger partial charge in [0.1, 0.15) is 11.6 Å². The van der Waals surface area contributed by atoms with Gasteiger partial charge in [-0.3, -0.25) is 4.79 Å². The Hall–Kier alpha value is -1.17. The standard InChI is InChI=1S/C9H11BrN4O/c1-5-12-2-7(10)9(13-5)14-3-6(4-14)8(11)15/h2,6H,3-4H2,1H3,(H2,11,15). The highest BCUT2D eigenvalue weighted by Gasteiger charge is 2.32. The number of carbonyl (C=O) groups is 1. The molecule has 0 atom stereocenters. The van der Waals surface area contributed by atoms with E-state index in [1.54, 1.807) is 6.20 Å². The van der Waals surface area contributed by atoms with E-state index in [4.69, 9.17) is 5.73 Å².